The van der Waals surface area contributed by atoms with Crippen LogP contribution in [0.1, 0.15) is 10.4 Å². The van der Waals surface area contributed by atoms with Gasteiger partial charge in [-0.1, -0.05) is 24.3 Å². The molecule has 0 fully saturated rings. The summed E-state index contributed by atoms with van der Waals surface area (Å²) >= 11 is 0. The number of hydrogen-bond donors (Lipinski definition) is 2. The van der Waals surface area contributed by atoms with E-state index in [2.05, 4.69) is 16.6 Å². The van der Waals surface area contributed by atoms with Gasteiger partial charge in [-0.2, -0.15) is 0 Å². The highest BCUT2D eigenvalue weighted by Gasteiger charge is 2.20. The van der Waals surface area contributed by atoms with E-state index in [1.165, 1.54) is 36.4 Å². The fraction of sp³-hybridized carbons (Fsp3) is 0.0625. The number of carbonyl (C=O) groups is 1. The summed E-state index contributed by atoms with van der Waals surface area (Å²) in [6.07, 6.45) is 1.49. The molecule has 0 atom stereocenters. The van der Waals surface area contributed by atoms with Crippen LogP contribution in [-0.2, 0) is 10.0 Å². The van der Waals surface area contributed by atoms with Crippen LogP contribution in [0.2, 0.25) is 0 Å². The molecule has 0 aromatic heterocycles. The number of carbonyl (C=O) groups excluding carboxylic acids is 1. The molecular formula is C16H15N3O5S. The molecule has 9 heteroatoms. The number of para-hydroxylation sites is 1. The first-order valence-electron chi connectivity index (χ1n) is 7.10. The second-order valence-corrected chi connectivity index (χ2v) is 6.59. The Kier molecular flexibility index (Phi) is 5.50. The van der Waals surface area contributed by atoms with Gasteiger partial charge in [0.05, 0.1) is 21.1 Å². The van der Waals surface area contributed by atoms with Gasteiger partial charge in [0, 0.05) is 18.7 Å². The van der Waals surface area contributed by atoms with E-state index in [1.54, 1.807) is 12.1 Å². The number of nitrogens with one attached hydrogen (secondary N) is 2. The lowest BCUT2D eigenvalue weighted by Gasteiger charge is -2.12. The highest BCUT2D eigenvalue weighted by molar-refractivity contribution is 7.92. The van der Waals surface area contributed by atoms with Crippen LogP contribution in [0.4, 0.5) is 11.4 Å². The van der Waals surface area contributed by atoms with E-state index in [9.17, 15) is 23.3 Å². The number of anilines is 1. The van der Waals surface area contributed by atoms with Crippen molar-refractivity contribution in [3.8, 4) is 0 Å². The monoisotopic (exact) mass is 361 g/mol. The Hall–Kier alpha value is -3.20. The van der Waals surface area contributed by atoms with Crippen LogP contribution in [0.5, 0.6) is 0 Å². The topological polar surface area (TPSA) is 118 Å². The third-order valence-electron chi connectivity index (χ3n) is 3.16. The molecular weight excluding hydrogens is 346 g/mol. The zero-order valence-corrected chi connectivity index (χ0v) is 13.8. The quantitative estimate of drug-likeness (QED) is 0.446. The summed E-state index contributed by atoms with van der Waals surface area (Å²) in [7, 11) is -4.10. The van der Waals surface area contributed by atoms with Crippen molar-refractivity contribution in [2.75, 3.05) is 11.3 Å². The molecule has 0 spiro atoms. The summed E-state index contributed by atoms with van der Waals surface area (Å²) in [6.45, 7) is 3.72. The molecule has 25 heavy (non-hydrogen) atoms. The largest absolute Gasteiger partial charge is 0.349 e. The Morgan fingerprint density at radius 1 is 1.20 bits per heavy atom. The minimum atomic E-state index is -4.10. The summed E-state index contributed by atoms with van der Waals surface area (Å²) < 4.78 is 27.3. The molecule has 0 aliphatic heterocycles. The minimum absolute atomic E-state index is 0.0653. The number of sulfonamides is 1. The number of nitro groups is 1. The van der Waals surface area contributed by atoms with Gasteiger partial charge in [0.2, 0.25) is 0 Å². The predicted octanol–water partition coefficient (Wildman–Crippen LogP) is 2.31. The molecule has 2 aromatic carbocycles. The van der Waals surface area contributed by atoms with E-state index in [0.717, 1.165) is 6.07 Å². The molecule has 2 rings (SSSR count). The summed E-state index contributed by atoms with van der Waals surface area (Å²) in [5, 5.41) is 13.4. The minimum Gasteiger partial charge on any atom is -0.349 e. The van der Waals surface area contributed by atoms with Crippen LogP contribution >= 0.6 is 0 Å². The van der Waals surface area contributed by atoms with E-state index in [0.29, 0.717) is 0 Å². The lowest BCUT2D eigenvalue weighted by atomic mass is 10.1. The Bertz CT molecular complexity index is 925. The number of nitrogens with zero attached hydrogens (tertiary/aromatic N) is 1. The Morgan fingerprint density at radius 3 is 2.60 bits per heavy atom. The highest BCUT2D eigenvalue weighted by atomic mass is 32.2. The molecule has 0 aliphatic rings. The standard InChI is InChI=1S/C16H15N3O5S/c1-2-10-17-16(20)14-8-3-4-9-15(14)18-25(23,24)13-7-5-6-12(11-13)19(21)22/h2-9,11,18H,1,10H2,(H,17,20). The Morgan fingerprint density at radius 2 is 1.92 bits per heavy atom. The summed E-state index contributed by atoms with van der Waals surface area (Å²) in [5.41, 5.74) is -0.159. The first kappa shape index (κ1) is 18.1. The zero-order valence-electron chi connectivity index (χ0n) is 13.0. The SMILES string of the molecule is C=CCNC(=O)c1ccccc1NS(=O)(=O)c1cccc([N+](=O)[O-])c1. The van der Waals surface area contributed by atoms with E-state index in [-0.39, 0.29) is 28.4 Å². The van der Waals surface area contributed by atoms with Gasteiger partial charge in [-0.05, 0) is 18.2 Å². The van der Waals surface area contributed by atoms with Crippen LogP contribution in [0, 0.1) is 10.1 Å². The lowest BCUT2D eigenvalue weighted by molar-refractivity contribution is -0.385. The van der Waals surface area contributed by atoms with Crippen molar-refractivity contribution in [1.29, 1.82) is 0 Å². The maximum Gasteiger partial charge on any atom is 0.270 e. The maximum atomic E-state index is 12.5. The molecule has 8 nitrogen and oxygen atoms in total. The van der Waals surface area contributed by atoms with Gasteiger partial charge >= 0.3 is 0 Å². The fourth-order valence-electron chi connectivity index (χ4n) is 2.00. The van der Waals surface area contributed by atoms with Crippen LogP contribution in [-0.4, -0.2) is 25.8 Å². The van der Waals surface area contributed by atoms with Crippen LogP contribution in [0.25, 0.3) is 0 Å². The Labute approximate surface area is 144 Å². The van der Waals surface area contributed by atoms with Gasteiger partial charge in [-0.15, -0.1) is 6.58 Å². The van der Waals surface area contributed by atoms with Gasteiger partial charge in [0.15, 0.2) is 0 Å². The Balaban J connectivity index is 2.35. The summed E-state index contributed by atoms with van der Waals surface area (Å²) in [6, 6.07) is 10.7. The van der Waals surface area contributed by atoms with Gasteiger partial charge in [0.1, 0.15) is 0 Å². The van der Waals surface area contributed by atoms with E-state index < -0.39 is 20.9 Å². The average molecular weight is 361 g/mol. The molecule has 2 N–H and O–H groups in total. The molecule has 0 radical (unpaired) electrons. The van der Waals surface area contributed by atoms with Crippen molar-refractivity contribution in [3.05, 3.63) is 76.9 Å². The number of amides is 1. The molecule has 0 aliphatic carbocycles. The molecule has 0 unspecified atom stereocenters. The average Bonchev–Trinajstić information content (AvgIpc) is 2.60. The third kappa shape index (κ3) is 4.42. The van der Waals surface area contributed by atoms with Crippen LogP contribution < -0.4 is 10.0 Å². The molecule has 0 saturated heterocycles. The second-order valence-electron chi connectivity index (χ2n) is 4.90. The van der Waals surface area contributed by atoms with Crippen molar-refractivity contribution >= 4 is 27.3 Å². The lowest BCUT2D eigenvalue weighted by Crippen LogP contribution is -2.25. The normalized spacial score (nSPS) is 10.7. The number of nitro benzene ring substituents is 1. The van der Waals surface area contributed by atoms with E-state index in [1.807, 2.05) is 0 Å². The number of hydrogen-bond acceptors (Lipinski definition) is 5. The van der Waals surface area contributed by atoms with Gasteiger partial charge < -0.3 is 5.32 Å². The molecule has 130 valence electrons. The molecule has 0 heterocycles. The number of rotatable bonds is 7. The first-order valence-corrected chi connectivity index (χ1v) is 8.59. The zero-order chi connectivity index (χ0) is 18.4. The maximum absolute atomic E-state index is 12.5. The van der Waals surface area contributed by atoms with E-state index in [4.69, 9.17) is 0 Å². The van der Waals surface area contributed by atoms with Crippen molar-refractivity contribution in [2.45, 2.75) is 4.90 Å². The van der Waals surface area contributed by atoms with Crippen molar-refractivity contribution in [1.82, 2.24) is 5.32 Å². The van der Waals surface area contributed by atoms with E-state index >= 15 is 0 Å². The molecule has 0 bridgehead atoms. The third-order valence-corrected chi connectivity index (χ3v) is 4.52. The first-order chi connectivity index (χ1) is 11.8. The predicted molar refractivity (Wildman–Crippen MR) is 92.9 cm³/mol. The summed E-state index contributed by atoms with van der Waals surface area (Å²) in [5.74, 6) is -0.475. The number of benzene rings is 2. The summed E-state index contributed by atoms with van der Waals surface area (Å²) in [4.78, 5) is 22.0. The van der Waals surface area contributed by atoms with Crippen LogP contribution in [0.15, 0.2) is 66.1 Å². The van der Waals surface area contributed by atoms with Gasteiger partial charge in [-0.25, -0.2) is 8.42 Å². The van der Waals surface area contributed by atoms with Gasteiger partial charge in [-0.3, -0.25) is 19.6 Å². The van der Waals surface area contributed by atoms with Crippen LogP contribution in [0.3, 0.4) is 0 Å². The highest BCUT2D eigenvalue weighted by Crippen LogP contribution is 2.22. The molecule has 1 amide bonds. The fourth-order valence-corrected chi connectivity index (χ4v) is 3.12. The smallest absolute Gasteiger partial charge is 0.270 e. The van der Waals surface area contributed by atoms with Crippen molar-refractivity contribution in [2.24, 2.45) is 0 Å². The van der Waals surface area contributed by atoms with Crippen molar-refractivity contribution in [3.63, 3.8) is 0 Å². The number of non-ortho nitro benzene ring substituents is 1. The molecule has 0 saturated carbocycles. The second kappa shape index (κ2) is 7.58. The van der Waals surface area contributed by atoms with Crippen molar-refractivity contribution < 1.29 is 18.1 Å². The molecule has 2 aromatic rings. The van der Waals surface area contributed by atoms with Gasteiger partial charge in [0.25, 0.3) is 21.6 Å².